The minimum Gasteiger partial charge on any atom is -0.335 e. The average Bonchev–Trinajstić information content (AvgIpc) is 3.30. The van der Waals surface area contributed by atoms with Crippen LogP contribution in [0.5, 0.6) is 0 Å². The number of aromatic amines is 1. The smallest absolute Gasteiger partial charge is 0.271 e. The fourth-order valence-electron chi connectivity index (χ4n) is 4.04. The molecular weight excluding hydrogens is 410 g/mol. The molecule has 1 aliphatic rings. The highest BCUT2D eigenvalue weighted by atomic mass is 35.5. The molecule has 0 radical (unpaired) electrons. The highest BCUT2D eigenvalue weighted by molar-refractivity contribution is 6.30. The number of hydrogen-bond acceptors (Lipinski definition) is 4. The average molecular weight is 432 g/mol. The van der Waals surface area contributed by atoms with Gasteiger partial charge in [-0.2, -0.15) is 5.10 Å². The van der Waals surface area contributed by atoms with E-state index in [9.17, 15) is 4.79 Å². The van der Waals surface area contributed by atoms with Crippen molar-refractivity contribution < 1.29 is 4.79 Å². The number of benzene rings is 2. The Morgan fingerprint density at radius 1 is 1.00 bits per heavy atom. The summed E-state index contributed by atoms with van der Waals surface area (Å²) in [4.78, 5) is 21.8. The molecule has 2 aromatic heterocycles. The molecule has 31 heavy (non-hydrogen) atoms. The zero-order valence-corrected chi connectivity index (χ0v) is 17.7. The maximum Gasteiger partial charge on any atom is 0.271 e. The number of nitrogens with zero attached hydrogens (tertiary/aromatic N) is 4. The standard InChI is InChI=1S/C24H22ClN5O/c25-20-8-2-5-18(14-20)21-15-22(28-27-21)24(31)30-12-10-29(11-13-30)16-19-6-1-4-17-7-3-9-26-23(17)19/h1-9,14-15H,10-13,16H2,(H,27,28). The number of hydrogen-bond donors (Lipinski definition) is 1. The van der Waals surface area contributed by atoms with Crippen LogP contribution in [0.25, 0.3) is 22.2 Å². The fraction of sp³-hybridized carbons (Fsp3) is 0.208. The summed E-state index contributed by atoms with van der Waals surface area (Å²) < 4.78 is 0. The molecule has 3 heterocycles. The number of carbonyl (C=O) groups is 1. The van der Waals surface area contributed by atoms with Gasteiger partial charge in [0.15, 0.2) is 0 Å². The van der Waals surface area contributed by atoms with E-state index in [1.807, 2.05) is 41.4 Å². The minimum atomic E-state index is -0.0211. The molecule has 156 valence electrons. The molecule has 0 unspecified atom stereocenters. The van der Waals surface area contributed by atoms with Crippen LogP contribution in [0.2, 0.25) is 5.02 Å². The van der Waals surface area contributed by atoms with Gasteiger partial charge in [-0.05, 0) is 29.8 Å². The normalized spacial score (nSPS) is 14.8. The van der Waals surface area contributed by atoms with Gasteiger partial charge in [-0.3, -0.25) is 19.8 Å². The quantitative estimate of drug-likeness (QED) is 0.525. The van der Waals surface area contributed by atoms with Crippen LogP contribution in [-0.4, -0.2) is 57.1 Å². The number of piperazine rings is 1. The van der Waals surface area contributed by atoms with Gasteiger partial charge in [0.1, 0.15) is 5.69 Å². The van der Waals surface area contributed by atoms with Crippen molar-refractivity contribution in [3.63, 3.8) is 0 Å². The largest absolute Gasteiger partial charge is 0.335 e. The van der Waals surface area contributed by atoms with Gasteiger partial charge < -0.3 is 4.90 Å². The SMILES string of the molecule is O=C(c1cc(-c2cccc(Cl)c2)n[nH]1)N1CCN(Cc2cccc3cccnc23)CC1. The highest BCUT2D eigenvalue weighted by Crippen LogP contribution is 2.22. The van der Waals surface area contributed by atoms with E-state index in [-0.39, 0.29) is 5.91 Å². The predicted octanol–water partition coefficient (Wildman–Crippen LogP) is 4.24. The number of nitrogens with one attached hydrogen (secondary N) is 1. The van der Waals surface area contributed by atoms with Crippen LogP contribution in [0.3, 0.4) is 0 Å². The molecule has 0 spiro atoms. The lowest BCUT2D eigenvalue weighted by Crippen LogP contribution is -2.48. The number of halogens is 1. The summed E-state index contributed by atoms with van der Waals surface area (Å²) in [6.45, 7) is 3.85. The molecule has 0 aliphatic carbocycles. The summed E-state index contributed by atoms with van der Waals surface area (Å²) in [6.07, 6.45) is 1.84. The van der Waals surface area contributed by atoms with Crippen molar-refractivity contribution >= 4 is 28.4 Å². The summed E-state index contributed by atoms with van der Waals surface area (Å²) in [5.41, 5.74) is 4.37. The van der Waals surface area contributed by atoms with E-state index >= 15 is 0 Å². The first-order chi connectivity index (χ1) is 15.2. The Bertz CT molecular complexity index is 1220. The van der Waals surface area contributed by atoms with Crippen LogP contribution in [0.4, 0.5) is 0 Å². The highest BCUT2D eigenvalue weighted by Gasteiger charge is 2.24. The first kappa shape index (κ1) is 19.7. The Morgan fingerprint density at radius 2 is 1.81 bits per heavy atom. The molecule has 1 amide bonds. The van der Waals surface area contributed by atoms with Crippen LogP contribution < -0.4 is 0 Å². The molecule has 5 rings (SSSR count). The fourth-order valence-corrected chi connectivity index (χ4v) is 4.23. The molecule has 1 fully saturated rings. The van der Waals surface area contributed by atoms with Gasteiger partial charge >= 0.3 is 0 Å². The Morgan fingerprint density at radius 3 is 2.65 bits per heavy atom. The second-order valence-corrected chi connectivity index (χ2v) is 8.17. The number of para-hydroxylation sites is 1. The van der Waals surface area contributed by atoms with Crippen molar-refractivity contribution in [2.75, 3.05) is 26.2 Å². The lowest BCUT2D eigenvalue weighted by Gasteiger charge is -2.34. The first-order valence-corrected chi connectivity index (χ1v) is 10.7. The van der Waals surface area contributed by atoms with Crippen molar-refractivity contribution in [2.24, 2.45) is 0 Å². The zero-order valence-electron chi connectivity index (χ0n) is 17.0. The molecule has 0 saturated carbocycles. The van der Waals surface area contributed by atoms with Gasteiger partial charge in [-0.1, -0.05) is 48.0 Å². The van der Waals surface area contributed by atoms with Crippen molar-refractivity contribution in [1.29, 1.82) is 0 Å². The number of H-pyrrole nitrogens is 1. The Labute approximate surface area is 185 Å². The number of fused-ring (bicyclic) bond motifs is 1. The van der Waals surface area contributed by atoms with E-state index in [1.54, 1.807) is 6.07 Å². The summed E-state index contributed by atoms with van der Waals surface area (Å²) in [5.74, 6) is -0.0211. The Balaban J connectivity index is 1.23. The minimum absolute atomic E-state index is 0.0211. The molecular formula is C24H22ClN5O. The second kappa shape index (κ2) is 8.49. The lowest BCUT2D eigenvalue weighted by molar-refractivity contribution is 0.0623. The predicted molar refractivity (Wildman–Crippen MR) is 122 cm³/mol. The zero-order chi connectivity index (χ0) is 21.2. The molecule has 1 N–H and O–H groups in total. The van der Waals surface area contributed by atoms with Crippen molar-refractivity contribution in [3.8, 4) is 11.3 Å². The Hall–Kier alpha value is -3.22. The molecule has 4 aromatic rings. The molecule has 1 saturated heterocycles. The summed E-state index contributed by atoms with van der Waals surface area (Å²) in [7, 11) is 0. The van der Waals surface area contributed by atoms with Gasteiger partial charge in [0.05, 0.1) is 11.2 Å². The van der Waals surface area contributed by atoms with Crippen LogP contribution in [0.1, 0.15) is 16.1 Å². The first-order valence-electron chi connectivity index (χ1n) is 10.3. The van der Waals surface area contributed by atoms with E-state index < -0.39 is 0 Å². The maximum absolute atomic E-state index is 13.0. The third-order valence-corrected chi connectivity index (χ3v) is 5.93. The van der Waals surface area contributed by atoms with Crippen LogP contribution in [-0.2, 0) is 6.54 Å². The number of amides is 1. The van der Waals surface area contributed by atoms with Gasteiger partial charge in [0.2, 0.25) is 0 Å². The maximum atomic E-state index is 13.0. The van der Waals surface area contributed by atoms with E-state index in [4.69, 9.17) is 11.6 Å². The number of carbonyl (C=O) groups excluding carboxylic acids is 1. The van der Waals surface area contributed by atoms with E-state index in [0.29, 0.717) is 29.5 Å². The van der Waals surface area contributed by atoms with Gasteiger partial charge in [-0.15, -0.1) is 0 Å². The molecule has 1 aliphatic heterocycles. The van der Waals surface area contributed by atoms with E-state index in [0.717, 1.165) is 36.1 Å². The van der Waals surface area contributed by atoms with Gasteiger partial charge in [-0.25, -0.2) is 0 Å². The van der Waals surface area contributed by atoms with Crippen molar-refractivity contribution in [2.45, 2.75) is 6.54 Å². The van der Waals surface area contributed by atoms with Crippen LogP contribution >= 0.6 is 11.6 Å². The monoisotopic (exact) mass is 431 g/mol. The lowest BCUT2D eigenvalue weighted by atomic mass is 10.1. The van der Waals surface area contributed by atoms with Crippen LogP contribution in [0, 0.1) is 0 Å². The molecule has 2 aromatic carbocycles. The van der Waals surface area contributed by atoms with E-state index in [1.165, 1.54) is 5.56 Å². The van der Waals surface area contributed by atoms with Crippen molar-refractivity contribution in [1.82, 2.24) is 25.0 Å². The third kappa shape index (κ3) is 4.17. The number of pyridine rings is 1. The topological polar surface area (TPSA) is 65.1 Å². The third-order valence-electron chi connectivity index (χ3n) is 5.70. The summed E-state index contributed by atoms with van der Waals surface area (Å²) in [5, 5.41) is 8.98. The van der Waals surface area contributed by atoms with Gasteiger partial charge in [0.25, 0.3) is 5.91 Å². The molecule has 7 heteroatoms. The number of aromatic nitrogens is 3. The number of rotatable bonds is 4. The summed E-state index contributed by atoms with van der Waals surface area (Å²) in [6, 6.07) is 19.6. The summed E-state index contributed by atoms with van der Waals surface area (Å²) >= 11 is 6.07. The van der Waals surface area contributed by atoms with Crippen molar-refractivity contribution in [3.05, 3.63) is 83.1 Å². The van der Waals surface area contributed by atoms with Gasteiger partial charge in [0, 0.05) is 54.9 Å². The van der Waals surface area contributed by atoms with Crippen LogP contribution in [0.15, 0.2) is 66.9 Å². The molecule has 0 atom stereocenters. The molecule has 6 nitrogen and oxygen atoms in total. The molecule has 0 bridgehead atoms. The van der Waals surface area contributed by atoms with E-state index in [2.05, 4.69) is 44.3 Å². The second-order valence-electron chi connectivity index (χ2n) is 7.74. The Kier molecular flexibility index (Phi) is 5.40.